The first kappa shape index (κ1) is 37.5. The highest BCUT2D eigenvalue weighted by Gasteiger charge is 2.35. The Hall–Kier alpha value is -3.32. The summed E-state index contributed by atoms with van der Waals surface area (Å²) in [7, 11) is 0. The molecular formula is C43H59N2O3+. The monoisotopic (exact) mass is 651 g/mol. The molecule has 0 aromatic heterocycles. The highest BCUT2D eigenvalue weighted by Crippen LogP contribution is 2.24. The number of unbranched alkanes of at least 4 members (excludes halogenated alkanes) is 8. The fraction of sp³-hybridized carbons (Fsp3) is 0.442. The van der Waals surface area contributed by atoms with Crippen LogP contribution in [-0.4, -0.2) is 63.4 Å². The Morgan fingerprint density at radius 1 is 0.479 bits per heavy atom. The maximum Gasteiger partial charge on any atom is 0.194 e. The summed E-state index contributed by atoms with van der Waals surface area (Å²) in [5.74, 6) is 0. The van der Waals surface area contributed by atoms with Gasteiger partial charge in [-0.25, -0.2) is 0 Å². The van der Waals surface area contributed by atoms with Crippen LogP contribution in [0.15, 0.2) is 121 Å². The molecule has 3 unspecified atom stereocenters. The van der Waals surface area contributed by atoms with Gasteiger partial charge in [0.1, 0.15) is 19.3 Å². The van der Waals surface area contributed by atoms with Crippen LogP contribution >= 0.6 is 0 Å². The van der Waals surface area contributed by atoms with E-state index < -0.39 is 12.5 Å². The van der Waals surface area contributed by atoms with Crippen LogP contribution in [0.5, 0.6) is 0 Å². The number of hydrogen-bond acceptors (Lipinski definition) is 4. The Labute approximate surface area is 290 Å². The van der Waals surface area contributed by atoms with Crippen LogP contribution < -0.4 is 0 Å². The summed E-state index contributed by atoms with van der Waals surface area (Å²) >= 11 is 0. The number of benzene rings is 4. The molecule has 0 saturated carbocycles. The lowest BCUT2D eigenvalue weighted by Gasteiger charge is -2.42. The molecular weight excluding hydrogens is 592 g/mol. The molecule has 3 atom stereocenters. The molecule has 0 spiro atoms. The van der Waals surface area contributed by atoms with E-state index in [1.807, 2.05) is 48.5 Å². The maximum atomic E-state index is 11.6. The van der Waals surface area contributed by atoms with Gasteiger partial charge in [0.05, 0.1) is 19.6 Å². The van der Waals surface area contributed by atoms with Gasteiger partial charge in [-0.2, -0.15) is 0 Å². The Bertz CT molecular complexity index is 1360. The minimum atomic E-state index is -0.567. The highest BCUT2D eigenvalue weighted by molar-refractivity contribution is 5.18. The quantitative estimate of drug-likeness (QED) is 0.0407. The number of nitrogens with zero attached hydrogens (tertiary/aromatic N) is 2. The van der Waals surface area contributed by atoms with Crippen LogP contribution in [0.1, 0.15) is 80.0 Å². The van der Waals surface area contributed by atoms with Crippen LogP contribution in [0.25, 0.3) is 0 Å². The predicted octanol–water partition coefficient (Wildman–Crippen LogP) is 8.13. The topological polar surface area (TPSA) is 63.9 Å². The number of rotatable bonds is 24. The van der Waals surface area contributed by atoms with Crippen LogP contribution in [0.4, 0.5) is 0 Å². The zero-order valence-electron chi connectivity index (χ0n) is 29.0. The van der Waals surface area contributed by atoms with Crippen LogP contribution in [-0.2, 0) is 25.9 Å². The fourth-order valence-corrected chi connectivity index (χ4v) is 6.92. The van der Waals surface area contributed by atoms with Crippen molar-refractivity contribution in [1.29, 1.82) is 0 Å². The zero-order chi connectivity index (χ0) is 33.7. The summed E-state index contributed by atoms with van der Waals surface area (Å²) in [6.07, 6.45) is 10.8. The first-order valence-corrected chi connectivity index (χ1v) is 18.3. The SMILES string of the molecule is OCC[N+](CCCCCCCCCCCN(Cc1ccccc1)C(O)Cc1ccccc1)(Cc1ccccc1)C(O)Cc1ccccc1. The molecule has 0 amide bonds. The average molecular weight is 652 g/mol. The van der Waals surface area contributed by atoms with Gasteiger partial charge in [0.2, 0.25) is 0 Å². The van der Waals surface area contributed by atoms with E-state index in [1.54, 1.807) is 0 Å². The van der Waals surface area contributed by atoms with Crippen LogP contribution in [0, 0.1) is 0 Å². The van der Waals surface area contributed by atoms with E-state index in [2.05, 4.69) is 77.7 Å². The highest BCUT2D eigenvalue weighted by atomic mass is 16.3. The summed E-state index contributed by atoms with van der Waals surface area (Å²) in [4.78, 5) is 2.23. The molecule has 4 aromatic rings. The third-order valence-electron chi connectivity index (χ3n) is 9.74. The lowest BCUT2D eigenvalue weighted by molar-refractivity contribution is -0.983. The van der Waals surface area contributed by atoms with Gasteiger partial charge in [-0.3, -0.25) is 9.38 Å². The second kappa shape index (κ2) is 21.6. The van der Waals surface area contributed by atoms with Crippen molar-refractivity contribution in [3.63, 3.8) is 0 Å². The van der Waals surface area contributed by atoms with E-state index in [0.717, 1.165) is 51.0 Å². The van der Waals surface area contributed by atoms with Crippen LogP contribution in [0.2, 0.25) is 0 Å². The van der Waals surface area contributed by atoms with Crippen molar-refractivity contribution in [2.24, 2.45) is 0 Å². The van der Waals surface area contributed by atoms with E-state index in [9.17, 15) is 15.3 Å². The fourth-order valence-electron chi connectivity index (χ4n) is 6.92. The molecule has 0 aliphatic rings. The molecule has 0 aliphatic heterocycles. The molecule has 5 nitrogen and oxygen atoms in total. The maximum absolute atomic E-state index is 11.6. The molecule has 48 heavy (non-hydrogen) atoms. The van der Waals surface area contributed by atoms with Gasteiger partial charge in [0.25, 0.3) is 0 Å². The molecule has 0 bridgehead atoms. The van der Waals surface area contributed by atoms with Gasteiger partial charge in [0.15, 0.2) is 6.23 Å². The Balaban J connectivity index is 1.16. The van der Waals surface area contributed by atoms with Crippen molar-refractivity contribution < 1.29 is 19.8 Å². The van der Waals surface area contributed by atoms with Gasteiger partial charge in [0, 0.05) is 25.1 Å². The molecule has 258 valence electrons. The summed E-state index contributed by atoms with van der Waals surface area (Å²) in [6, 6.07) is 41.4. The summed E-state index contributed by atoms with van der Waals surface area (Å²) in [6.45, 7) is 3.86. The molecule has 4 rings (SSSR count). The summed E-state index contributed by atoms with van der Waals surface area (Å²) in [5, 5.41) is 32.8. The Morgan fingerprint density at radius 2 is 0.917 bits per heavy atom. The molecule has 0 saturated heterocycles. The van der Waals surface area contributed by atoms with Gasteiger partial charge < -0.3 is 15.3 Å². The van der Waals surface area contributed by atoms with Crippen molar-refractivity contribution in [3.05, 3.63) is 144 Å². The van der Waals surface area contributed by atoms with Crippen molar-refractivity contribution in [1.82, 2.24) is 4.90 Å². The number of hydrogen-bond donors (Lipinski definition) is 3. The lowest BCUT2D eigenvalue weighted by atomic mass is 10.0. The van der Waals surface area contributed by atoms with Crippen molar-refractivity contribution in [2.75, 3.05) is 26.2 Å². The zero-order valence-corrected chi connectivity index (χ0v) is 29.0. The summed E-state index contributed by atoms with van der Waals surface area (Å²) < 4.78 is 0.497. The Kier molecular flexibility index (Phi) is 16.9. The minimum absolute atomic E-state index is 0.0642. The van der Waals surface area contributed by atoms with E-state index in [4.69, 9.17) is 0 Å². The lowest BCUT2D eigenvalue weighted by Crippen LogP contribution is -2.57. The van der Waals surface area contributed by atoms with Gasteiger partial charge in [-0.1, -0.05) is 160 Å². The largest absolute Gasteiger partial charge is 0.391 e. The standard InChI is InChI=1S/C43H59N2O3/c46-33-32-45(37-41-28-18-11-19-29-41,43(48)35-39-24-14-9-15-25-39)31-21-7-5-3-1-2-4-6-20-30-44(36-40-26-16-10-17-27-40)42(47)34-38-22-12-8-13-23-38/h8-19,22-29,42-43,46-48H,1-7,20-21,30-37H2/q+1. The van der Waals surface area contributed by atoms with Crippen molar-refractivity contribution >= 4 is 0 Å². The molecule has 4 aromatic carbocycles. The van der Waals surface area contributed by atoms with E-state index in [1.165, 1.54) is 55.2 Å². The van der Waals surface area contributed by atoms with E-state index in [-0.39, 0.29) is 6.61 Å². The van der Waals surface area contributed by atoms with Crippen LogP contribution in [0.3, 0.4) is 0 Å². The van der Waals surface area contributed by atoms with Gasteiger partial charge >= 0.3 is 0 Å². The number of aliphatic hydroxyl groups excluding tert-OH is 3. The minimum Gasteiger partial charge on any atom is -0.391 e. The Morgan fingerprint density at radius 3 is 1.44 bits per heavy atom. The first-order chi connectivity index (χ1) is 23.6. The second-order valence-electron chi connectivity index (χ2n) is 13.5. The normalized spacial score (nSPS) is 14.1. The van der Waals surface area contributed by atoms with Crippen molar-refractivity contribution in [2.45, 2.75) is 96.2 Å². The third kappa shape index (κ3) is 13.3. The van der Waals surface area contributed by atoms with E-state index >= 15 is 0 Å². The van der Waals surface area contributed by atoms with E-state index in [0.29, 0.717) is 23.9 Å². The molecule has 0 radical (unpaired) electrons. The van der Waals surface area contributed by atoms with Gasteiger partial charge in [-0.15, -0.1) is 0 Å². The third-order valence-corrected chi connectivity index (χ3v) is 9.74. The first-order valence-electron chi connectivity index (χ1n) is 18.3. The summed E-state index contributed by atoms with van der Waals surface area (Å²) in [5.41, 5.74) is 4.74. The number of aliphatic hydroxyl groups is 3. The number of quaternary nitrogens is 1. The molecule has 3 N–H and O–H groups in total. The molecule has 0 fully saturated rings. The van der Waals surface area contributed by atoms with Gasteiger partial charge in [-0.05, 0) is 36.0 Å². The molecule has 0 aliphatic carbocycles. The second-order valence-corrected chi connectivity index (χ2v) is 13.5. The predicted molar refractivity (Wildman–Crippen MR) is 198 cm³/mol. The van der Waals surface area contributed by atoms with Crippen molar-refractivity contribution in [3.8, 4) is 0 Å². The molecule has 0 heterocycles. The smallest absolute Gasteiger partial charge is 0.194 e. The molecule has 5 heteroatoms. The average Bonchev–Trinajstić information content (AvgIpc) is 3.11.